The van der Waals surface area contributed by atoms with Crippen LogP contribution in [0.25, 0.3) is 0 Å². The largest absolute Gasteiger partial charge is 0.389 e. The lowest BCUT2D eigenvalue weighted by Crippen LogP contribution is -2.10. The minimum absolute atomic E-state index is 0.224. The number of Topliss-reactive ketones (excluding diaryl/α,β-unsaturated/α-hetero) is 1. The van der Waals surface area contributed by atoms with Crippen molar-refractivity contribution in [2.45, 2.75) is 38.3 Å². The molecule has 0 rings (SSSR count). The second-order valence-corrected chi connectivity index (χ2v) is 2.83. The highest BCUT2D eigenvalue weighted by molar-refractivity contribution is 5.78. The molecule has 0 saturated heterocycles. The Kier molecular flexibility index (Phi) is 5.42. The Hall–Kier alpha value is -0.800. The summed E-state index contributed by atoms with van der Waals surface area (Å²) in [6.07, 6.45) is -2.45. The van der Waals surface area contributed by atoms with Gasteiger partial charge < -0.3 is 0 Å². The first kappa shape index (κ1) is 12.2. The number of ketones is 1. The van der Waals surface area contributed by atoms with Crippen LogP contribution in [0.2, 0.25) is 0 Å². The Morgan fingerprint density at radius 1 is 1.31 bits per heavy atom. The molecule has 0 heterocycles. The van der Waals surface area contributed by atoms with Gasteiger partial charge in [-0.1, -0.05) is 6.08 Å². The Labute approximate surface area is 75.6 Å². The van der Waals surface area contributed by atoms with Crippen molar-refractivity contribution < 1.29 is 18.0 Å². The molecule has 0 unspecified atom stereocenters. The maximum absolute atomic E-state index is 11.6. The molecule has 0 radical (unpaired) electrons. The van der Waals surface area contributed by atoms with Crippen molar-refractivity contribution in [1.29, 1.82) is 0 Å². The predicted molar refractivity (Wildman–Crippen MR) is 44.3 cm³/mol. The van der Waals surface area contributed by atoms with Crippen molar-refractivity contribution in [1.82, 2.24) is 0 Å². The van der Waals surface area contributed by atoms with Crippen LogP contribution in [0.4, 0.5) is 13.2 Å². The molecule has 76 valence electrons. The molecular weight excluding hydrogens is 181 g/mol. The van der Waals surface area contributed by atoms with E-state index in [1.807, 2.05) is 0 Å². The van der Waals surface area contributed by atoms with Gasteiger partial charge in [0, 0.05) is 12.8 Å². The van der Waals surface area contributed by atoms with Gasteiger partial charge in [0.2, 0.25) is 0 Å². The van der Waals surface area contributed by atoms with Gasteiger partial charge in [-0.25, -0.2) is 0 Å². The average Bonchev–Trinajstić information content (AvgIpc) is 2.00. The maximum Gasteiger partial charge on any atom is 0.389 e. The Balaban J connectivity index is 3.46. The topological polar surface area (TPSA) is 17.1 Å². The van der Waals surface area contributed by atoms with E-state index in [0.717, 1.165) is 0 Å². The quantitative estimate of drug-likeness (QED) is 0.468. The molecule has 0 spiro atoms. The molecule has 0 saturated carbocycles. The van der Waals surface area contributed by atoms with Crippen molar-refractivity contribution in [3.05, 3.63) is 12.7 Å². The second kappa shape index (κ2) is 5.78. The summed E-state index contributed by atoms with van der Waals surface area (Å²) in [7, 11) is 0. The van der Waals surface area contributed by atoms with Crippen LogP contribution in [0, 0.1) is 0 Å². The zero-order chi connectivity index (χ0) is 10.3. The SMILES string of the molecule is C=CCCCC(=O)CCC(F)(F)F. The zero-order valence-corrected chi connectivity index (χ0v) is 7.36. The fraction of sp³-hybridized carbons (Fsp3) is 0.667. The number of alkyl halides is 3. The average molecular weight is 194 g/mol. The highest BCUT2D eigenvalue weighted by Gasteiger charge is 2.27. The first-order chi connectivity index (χ1) is 5.95. The number of allylic oxidation sites excluding steroid dienone is 1. The molecule has 0 aliphatic heterocycles. The molecule has 0 aromatic heterocycles. The van der Waals surface area contributed by atoms with Gasteiger partial charge in [0.15, 0.2) is 0 Å². The molecule has 0 fully saturated rings. The van der Waals surface area contributed by atoms with E-state index >= 15 is 0 Å². The third-order valence-corrected chi connectivity index (χ3v) is 1.55. The summed E-state index contributed by atoms with van der Waals surface area (Å²) in [6, 6.07) is 0. The van der Waals surface area contributed by atoms with Crippen LogP contribution in [0.1, 0.15) is 32.1 Å². The minimum Gasteiger partial charge on any atom is -0.300 e. The number of carbonyl (C=O) groups excluding carboxylic acids is 1. The summed E-state index contributed by atoms with van der Waals surface area (Å²) in [6.45, 7) is 3.45. The van der Waals surface area contributed by atoms with Gasteiger partial charge in [-0.3, -0.25) is 4.79 Å². The Morgan fingerprint density at radius 3 is 2.38 bits per heavy atom. The monoisotopic (exact) mass is 194 g/mol. The van der Waals surface area contributed by atoms with E-state index in [-0.39, 0.29) is 18.6 Å². The van der Waals surface area contributed by atoms with Crippen LogP contribution >= 0.6 is 0 Å². The van der Waals surface area contributed by atoms with Crippen molar-refractivity contribution >= 4 is 5.78 Å². The lowest BCUT2D eigenvalue weighted by Gasteiger charge is -2.04. The van der Waals surface area contributed by atoms with Gasteiger partial charge in [-0.05, 0) is 12.8 Å². The number of rotatable bonds is 6. The Bertz CT molecular complexity index is 172. The minimum atomic E-state index is -4.21. The van der Waals surface area contributed by atoms with Gasteiger partial charge in [0.1, 0.15) is 5.78 Å². The van der Waals surface area contributed by atoms with E-state index in [0.29, 0.717) is 12.8 Å². The van der Waals surface area contributed by atoms with Crippen LogP contribution in [0.5, 0.6) is 0 Å². The van der Waals surface area contributed by atoms with E-state index in [1.54, 1.807) is 6.08 Å². The number of hydrogen-bond acceptors (Lipinski definition) is 1. The highest BCUT2D eigenvalue weighted by Crippen LogP contribution is 2.21. The molecule has 0 aromatic carbocycles. The molecule has 0 atom stereocenters. The maximum atomic E-state index is 11.6. The van der Waals surface area contributed by atoms with Gasteiger partial charge in [0.05, 0.1) is 6.42 Å². The molecule has 0 aliphatic carbocycles. The number of hydrogen-bond donors (Lipinski definition) is 0. The van der Waals surface area contributed by atoms with Crippen LogP contribution in [-0.4, -0.2) is 12.0 Å². The number of halogens is 3. The van der Waals surface area contributed by atoms with E-state index in [9.17, 15) is 18.0 Å². The van der Waals surface area contributed by atoms with Crippen LogP contribution in [-0.2, 0) is 4.79 Å². The van der Waals surface area contributed by atoms with Crippen molar-refractivity contribution in [2.24, 2.45) is 0 Å². The number of unbranched alkanes of at least 4 members (excludes halogenated alkanes) is 1. The van der Waals surface area contributed by atoms with E-state index < -0.39 is 12.6 Å². The van der Waals surface area contributed by atoms with Crippen LogP contribution in [0.3, 0.4) is 0 Å². The fourth-order valence-electron chi connectivity index (χ4n) is 0.850. The highest BCUT2D eigenvalue weighted by atomic mass is 19.4. The third-order valence-electron chi connectivity index (χ3n) is 1.55. The van der Waals surface area contributed by atoms with E-state index in [2.05, 4.69) is 6.58 Å². The fourth-order valence-corrected chi connectivity index (χ4v) is 0.850. The normalized spacial score (nSPS) is 11.3. The molecular formula is C9H13F3O. The lowest BCUT2D eigenvalue weighted by atomic mass is 10.1. The van der Waals surface area contributed by atoms with Crippen LogP contribution in [0.15, 0.2) is 12.7 Å². The molecule has 0 amide bonds. The molecule has 4 heteroatoms. The standard InChI is InChI=1S/C9H13F3O/c1-2-3-4-5-8(13)6-7-9(10,11)12/h2H,1,3-7H2. The summed E-state index contributed by atoms with van der Waals surface area (Å²) in [4.78, 5) is 10.8. The van der Waals surface area contributed by atoms with Crippen LogP contribution < -0.4 is 0 Å². The number of carbonyl (C=O) groups is 1. The molecule has 13 heavy (non-hydrogen) atoms. The first-order valence-electron chi connectivity index (χ1n) is 4.15. The van der Waals surface area contributed by atoms with Crippen molar-refractivity contribution in [3.8, 4) is 0 Å². The van der Waals surface area contributed by atoms with Gasteiger partial charge in [-0.15, -0.1) is 6.58 Å². The lowest BCUT2D eigenvalue weighted by molar-refractivity contribution is -0.143. The molecule has 0 bridgehead atoms. The van der Waals surface area contributed by atoms with Gasteiger partial charge >= 0.3 is 6.18 Å². The second-order valence-electron chi connectivity index (χ2n) is 2.83. The smallest absolute Gasteiger partial charge is 0.300 e. The zero-order valence-electron chi connectivity index (χ0n) is 7.36. The van der Waals surface area contributed by atoms with Gasteiger partial charge in [0.25, 0.3) is 0 Å². The van der Waals surface area contributed by atoms with E-state index in [4.69, 9.17) is 0 Å². The van der Waals surface area contributed by atoms with Crippen molar-refractivity contribution in [3.63, 3.8) is 0 Å². The Morgan fingerprint density at radius 2 is 1.92 bits per heavy atom. The predicted octanol–water partition coefficient (Wildman–Crippen LogP) is 3.25. The molecule has 0 aromatic rings. The summed E-state index contributed by atoms with van der Waals surface area (Å²) < 4.78 is 34.9. The summed E-state index contributed by atoms with van der Waals surface area (Å²) in [5.74, 6) is -0.320. The summed E-state index contributed by atoms with van der Waals surface area (Å²) in [5.41, 5.74) is 0. The summed E-state index contributed by atoms with van der Waals surface area (Å²) >= 11 is 0. The first-order valence-corrected chi connectivity index (χ1v) is 4.15. The van der Waals surface area contributed by atoms with Crippen molar-refractivity contribution in [2.75, 3.05) is 0 Å². The third kappa shape index (κ3) is 9.11. The van der Waals surface area contributed by atoms with E-state index in [1.165, 1.54) is 0 Å². The molecule has 1 nitrogen and oxygen atoms in total. The van der Waals surface area contributed by atoms with Gasteiger partial charge in [-0.2, -0.15) is 13.2 Å². The summed E-state index contributed by atoms with van der Waals surface area (Å²) in [5, 5.41) is 0. The molecule has 0 N–H and O–H groups in total. The molecule has 0 aliphatic rings.